The van der Waals surface area contributed by atoms with Crippen LogP contribution < -0.4 is 4.90 Å². The molecule has 0 fully saturated rings. The summed E-state index contributed by atoms with van der Waals surface area (Å²) in [6.45, 7) is 0. The molecule has 240 valence electrons. The second-order valence-electron chi connectivity index (χ2n) is 12.9. The average molecular weight is 670 g/mol. The van der Waals surface area contributed by atoms with E-state index >= 15 is 0 Å². The van der Waals surface area contributed by atoms with Gasteiger partial charge in [-0.2, -0.15) is 0 Å². The van der Waals surface area contributed by atoms with Gasteiger partial charge in [-0.3, -0.25) is 0 Å². The second-order valence-corrected chi connectivity index (χ2v) is 14.0. The quantitative estimate of drug-likeness (QED) is 0.175. The molecule has 0 N–H and O–H groups in total. The fourth-order valence-corrected chi connectivity index (χ4v) is 8.54. The average Bonchev–Trinajstić information content (AvgIpc) is 3.78. The molecule has 2 heterocycles. The number of thiophene rings is 1. The number of hydrogen-bond acceptors (Lipinski definition) is 3. The minimum absolute atomic E-state index is 0.912. The topological polar surface area (TPSA) is 16.4 Å². The molecule has 0 bridgehead atoms. The molecule has 0 saturated heterocycles. The highest BCUT2D eigenvalue weighted by Crippen LogP contribution is 2.45. The van der Waals surface area contributed by atoms with Gasteiger partial charge in [0.1, 0.15) is 11.2 Å². The Bertz CT molecular complexity index is 2830. The number of rotatable bonds is 6. The number of hydrogen-bond donors (Lipinski definition) is 0. The minimum atomic E-state index is 0.912. The first-order valence-electron chi connectivity index (χ1n) is 17.2. The monoisotopic (exact) mass is 669 g/mol. The van der Waals surface area contributed by atoms with Crippen LogP contribution in [-0.2, 0) is 0 Å². The number of para-hydroxylation sites is 1. The van der Waals surface area contributed by atoms with Crippen LogP contribution >= 0.6 is 11.3 Å². The molecule has 0 atom stereocenters. The van der Waals surface area contributed by atoms with Gasteiger partial charge in [0, 0.05) is 37.6 Å². The van der Waals surface area contributed by atoms with E-state index in [9.17, 15) is 0 Å². The van der Waals surface area contributed by atoms with Crippen molar-refractivity contribution in [1.29, 1.82) is 0 Å². The smallest absolute Gasteiger partial charge is 0.135 e. The lowest BCUT2D eigenvalue weighted by molar-refractivity contribution is 0.669. The summed E-state index contributed by atoms with van der Waals surface area (Å²) in [5.41, 5.74) is 12.4. The van der Waals surface area contributed by atoms with E-state index in [1.165, 1.54) is 59.2 Å². The number of nitrogens with zero attached hydrogens (tertiary/aromatic N) is 1. The molecule has 10 rings (SSSR count). The Morgan fingerprint density at radius 3 is 1.57 bits per heavy atom. The maximum atomic E-state index is 6.10. The Balaban J connectivity index is 1.05. The molecule has 0 aliphatic heterocycles. The zero-order valence-corrected chi connectivity index (χ0v) is 28.5. The summed E-state index contributed by atoms with van der Waals surface area (Å²) >= 11 is 1.86. The van der Waals surface area contributed by atoms with Gasteiger partial charge in [-0.05, 0) is 88.0 Å². The van der Waals surface area contributed by atoms with Crippen LogP contribution in [0.2, 0.25) is 0 Å². The van der Waals surface area contributed by atoms with Gasteiger partial charge in [-0.15, -0.1) is 11.3 Å². The lowest BCUT2D eigenvalue weighted by Gasteiger charge is -2.26. The third-order valence-corrected chi connectivity index (χ3v) is 11.1. The van der Waals surface area contributed by atoms with Crippen LogP contribution in [0.4, 0.5) is 17.1 Å². The number of anilines is 3. The van der Waals surface area contributed by atoms with Gasteiger partial charge in [-0.1, -0.05) is 133 Å². The molecule has 0 amide bonds. The van der Waals surface area contributed by atoms with Crippen LogP contribution in [0.25, 0.3) is 75.5 Å². The van der Waals surface area contributed by atoms with Crippen LogP contribution in [-0.4, -0.2) is 0 Å². The van der Waals surface area contributed by atoms with Gasteiger partial charge in [0.2, 0.25) is 0 Å². The molecule has 3 heteroatoms. The van der Waals surface area contributed by atoms with E-state index in [0.29, 0.717) is 0 Å². The minimum Gasteiger partial charge on any atom is -0.456 e. The lowest BCUT2D eigenvalue weighted by atomic mass is 10.00. The molecular weight excluding hydrogens is 639 g/mol. The van der Waals surface area contributed by atoms with Gasteiger partial charge in [0.05, 0.1) is 10.4 Å². The summed E-state index contributed by atoms with van der Waals surface area (Å²) in [5.74, 6) is 0. The van der Waals surface area contributed by atoms with Crippen molar-refractivity contribution in [2.45, 2.75) is 0 Å². The van der Waals surface area contributed by atoms with E-state index in [0.717, 1.165) is 33.3 Å². The number of benzene rings is 8. The fourth-order valence-electron chi connectivity index (χ4n) is 7.33. The third-order valence-electron chi connectivity index (χ3n) is 9.91. The van der Waals surface area contributed by atoms with Crippen LogP contribution in [0.15, 0.2) is 192 Å². The molecule has 2 aromatic heterocycles. The van der Waals surface area contributed by atoms with Gasteiger partial charge < -0.3 is 9.32 Å². The van der Waals surface area contributed by atoms with Crippen molar-refractivity contribution < 1.29 is 4.42 Å². The van der Waals surface area contributed by atoms with E-state index in [4.69, 9.17) is 4.42 Å². The van der Waals surface area contributed by atoms with Gasteiger partial charge in [0.25, 0.3) is 0 Å². The van der Waals surface area contributed by atoms with Crippen LogP contribution in [0.5, 0.6) is 0 Å². The summed E-state index contributed by atoms with van der Waals surface area (Å²) in [6.07, 6.45) is 0. The molecule has 10 aromatic rings. The Hall–Kier alpha value is -6.42. The normalized spacial score (nSPS) is 11.5. The van der Waals surface area contributed by atoms with E-state index in [1.54, 1.807) is 0 Å². The first-order valence-corrected chi connectivity index (χ1v) is 18.1. The standard InChI is InChI=1S/C48H31NOS/c1-2-9-32(10-3-1)33-17-19-34(20-18-33)35-21-26-38(27-22-35)49(44-14-8-13-42-41-12-5-7-16-47(41)51-48(42)44)39-28-23-36(24-29-39)37-25-30-46-43(31-37)40-11-4-6-15-45(40)50-46/h1-31H. The van der Waals surface area contributed by atoms with Crippen molar-refractivity contribution in [2.24, 2.45) is 0 Å². The molecule has 0 spiro atoms. The second kappa shape index (κ2) is 12.2. The van der Waals surface area contributed by atoms with Crippen molar-refractivity contribution in [2.75, 3.05) is 4.90 Å². The lowest BCUT2D eigenvalue weighted by Crippen LogP contribution is -2.10. The van der Waals surface area contributed by atoms with E-state index in [-0.39, 0.29) is 0 Å². The highest BCUT2D eigenvalue weighted by Gasteiger charge is 2.18. The predicted molar refractivity (Wildman–Crippen MR) is 218 cm³/mol. The van der Waals surface area contributed by atoms with Crippen molar-refractivity contribution in [3.8, 4) is 33.4 Å². The third kappa shape index (κ3) is 5.18. The molecule has 2 nitrogen and oxygen atoms in total. The summed E-state index contributed by atoms with van der Waals surface area (Å²) in [5, 5.41) is 4.86. The Kier molecular flexibility index (Phi) is 7.04. The molecular formula is C48H31NOS. The van der Waals surface area contributed by atoms with Crippen LogP contribution in [0.3, 0.4) is 0 Å². The highest BCUT2D eigenvalue weighted by molar-refractivity contribution is 7.26. The predicted octanol–water partition coefficient (Wildman–Crippen LogP) is 14.4. The zero-order chi connectivity index (χ0) is 33.7. The van der Waals surface area contributed by atoms with E-state index < -0.39 is 0 Å². The van der Waals surface area contributed by atoms with Crippen LogP contribution in [0.1, 0.15) is 0 Å². The zero-order valence-electron chi connectivity index (χ0n) is 27.7. The van der Waals surface area contributed by atoms with E-state index in [2.05, 4.69) is 181 Å². The Labute approximate surface area is 300 Å². The van der Waals surface area contributed by atoms with Crippen molar-refractivity contribution in [1.82, 2.24) is 0 Å². The first-order chi connectivity index (χ1) is 25.3. The highest BCUT2D eigenvalue weighted by atomic mass is 32.1. The number of fused-ring (bicyclic) bond motifs is 6. The largest absolute Gasteiger partial charge is 0.456 e. The maximum Gasteiger partial charge on any atom is 0.135 e. The van der Waals surface area contributed by atoms with Crippen molar-refractivity contribution in [3.05, 3.63) is 188 Å². The number of furan rings is 1. The molecule has 0 aliphatic rings. The fraction of sp³-hybridized carbons (Fsp3) is 0. The summed E-state index contributed by atoms with van der Waals surface area (Å²) in [4.78, 5) is 2.40. The van der Waals surface area contributed by atoms with Crippen molar-refractivity contribution in [3.63, 3.8) is 0 Å². The van der Waals surface area contributed by atoms with Gasteiger partial charge in [-0.25, -0.2) is 0 Å². The Morgan fingerprint density at radius 2 is 0.863 bits per heavy atom. The Morgan fingerprint density at radius 1 is 0.353 bits per heavy atom. The molecule has 0 aliphatic carbocycles. The van der Waals surface area contributed by atoms with E-state index in [1.807, 2.05) is 23.5 Å². The molecule has 0 saturated carbocycles. The summed E-state index contributed by atoms with van der Waals surface area (Å²) in [6, 6.07) is 67.5. The molecule has 8 aromatic carbocycles. The molecule has 51 heavy (non-hydrogen) atoms. The first kappa shape index (κ1) is 29.5. The maximum absolute atomic E-state index is 6.10. The van der Waals surface area contributed by atoms with Crippen LogP contribution in [0, 0.1) is 0 Å². The molecule has 0 radical (unpaired) electrons. The van der Waals surface area contributed by atoms with Gasteiger partial charge in [0.15, 0.2) is 0 Å². The SMILES string of the molecule is c1ccc(-c2ccc(-c3ccc(N(c4ccc(-c5ccc6oc7ccccc7c6c5)cc4)c4cccc5c4sc4ccccc45)cc3)cc2)cc1. The van der Waals surface area contributed by atoms with Crippen molar-refractivity contribution >= 4 is 70.5 Å². The molecule has 0 unspecified atom stereocenters. The summed E-state index contributed by atoms with van der Waals surface area (Å²) in [7, 11) is 0. The van der Waals surface area contributed by atoms with Gasteiger partial charge >= 0.3 is 0 Å². The summed E-state index contributed by atoms with van der Waals surface area (Å²) < 4.78 is 8.68.